The summed E-state index contributed by atoms with van der Waals surface area (Å²) in [6.07, 6.45) is 1.88. The Morgan fingerprint density at radius 1 is 1.56 bits per heavy atom. The van der Waals surface area contributed by atoms with Crippen LogP contribution in [0.2, 0.25) is 0 Å². The largest absolute Gasteiger partial charge is 0.482 e. The number of ketones is 1. The number of Topliss-reactive ketones (excluding diaryl/α,β-unsaturated/α-hetero) is 1. The van der Waals surface area contributed by atoms with Crippen LogP contribution in [0.1, 0.15) is 10.4 Å². The Morgan fingerprint density at radius 3 is 3.12 bits per heavy atom. The van der Waals surface area contributed by atoms with Crippen molar-refractivity contribution in [3.8, 4) is 5.75 Å². The number of amides is 1. The highest BCUT2D eigenvalue weighted by atomic mass is 32.2. The maximum Gasteiger partial charge on any atom is 0.262 e. The van der Waals surface area contributed by atoms with Crippen LogP contribution >= 0.6 is 11.8 Å². The maximum atomic E-state index is 11.6. The summed E-state index contributed by atoms with van der Waals surface area (Å²) in [5, 5.41) is 2.67. The van der Waals surface area contributed by atoms with E-state index in [1.807, 2.05) is 6.26 Å². The molecule has 1 aromatic carbocycles. The lowest BCUT2D eigenvalue weighted by molar-refractivity contribution is -0.118. The molecule has 1 aliphatic heterocycles. The predicted octanol–water partition coefficient (Wildman–Crippen LogP) is 1.56. The monoisotopic (exact) mass is 237 g/mol. The van der Waals surface area contributed by atoms with Crippen LogP contribution in [0, 0.1) is 0 Å². The predicted molar refractivity (Wildman–Crippen MR) is 63.3 cm³/mol. The van der Waals surface area contributed by atoms with Gasteiger partial charge in [0.25, 0.3) is 5.91 Å². The molecule has 1 N–H and O–H groups in total. The van der Waals surface area contributed by atoms with Crippen molar-refractivity contribution in [1.82, 2.24) is 0 Å². The van der Waals surface area contributed by atoms with Gasteiger partial charge in [-0.3, -0.25) is 9.59 Å². The van der Waals surface area contributed by atoms with E-state index in [0.29, 0.717) is 22.8 Å². The minimum Gasteiger partial charge on any atom is -0.482 e. The van der Waals surface area contributed by atoms with Gasteiger partial charge in [0.2, 0.25) is 0 Å². The standard InChI is InChI=1S/C11H11NO3S/c1-16-6-9(13)7-2-3-10-8(4-7)12-11(14)5-15-10/h2-4H,5-6H2,1H3,(H,12,14). The topological polar surface area (TPSA) is 55.4 Å². The van der Waals surface area contributed by atoms with Gasteiger partial charge in [0, 0.05) is 5.56 Å². The fourth-order valence-electron chi connectivity index (χ4n) is 1.47. The van der Waals surface area contributed by atoms with Crippen LogP contribution < -0.4 is 10.1 Å². The molecule has 1 amide bonds. The van der Waals surface area contributed by atoms with Gasteiger partial charge in [0.15, 0.2) is 12.4 Å². The van der Waals surface area contributed by atoms with E-state index in [-0.39, 0.29) is 18.3 Å². The van der Waals surface area contributed by atoms with E-state index in [9.17, 15) is 9.59 Å². The van der Waals surface area contributed by atoms with Gasteiger partial charge < -0.3 is 10.1 Å². The van der Waals surface area contributed by atoms with E-state index in [2.05, 4.69) is 5.32 Å². The number of anilines is 1. The molecule has 16 heavy (non-hydrogen) atoms. The lowest BCUT2D eigenvalue weighted by Crippen LogP contribution is -2.25. The fourth-order valence-corrected chi connectivity index (χ4v) is 1.90. The Balaban J connectivity index is 2.27. The van der Waals surface area contributed by atoms with Crippen molar-refractivity contribution in [2.45, 2.75) is 0 Å². The molecule has 0 spiro atoms. The highest BCUT2D eigenvalue weighted by Gasteiger charge is 2.17. The molecule has 1 heterocycles. The average molecular weight is 237 g/mol. The van der Waals surface area contributed by atoms with Gasteiger partial charge in [0.1, 0.15) is 5.75 Å². The lowest BCUT2D eigenvalue weighted by atomic mass is 10.1. The van der Waals surface area contributed by atoms with Gasteiger partial charge in [-0.1, -0.05) is 0 Å². The zero-order valence-corrected chi connectivity index (χ0v) is 9.60. The Labute approximate surface area is 97.4 Å². The van der Waals surface area contributed by atoms with Gasteiger partial charge in [0.05, 0.1) is 11.4 Å². The number of thioether (sulfide) groups is 1. The Bertz CT molecular complexity index is 445. The molecular formula is C11H11NO3S. The second kappa shape index (κ2) is 4.57. The summed E-state index contributed by atoms with van der Waals surface area (Å²) in [4.78, 5) is 22.7. The van der Waals surface area contributed by atoms with Gasteiger partial charge in [-0.05, 0) is 24.5 Å². The Kier molecular flexibility index (Phi) is 3.14. The molecule has 0 bridgehead atoms. The van der Waals surface area contributed by atoms with Gasteiger partial charge in [-0.15, -0.1) is 0 Å². The summed E-state index contributed by atoms with van der Waals surface area (Å²) in [6, 6.07) is 5.09. The van der Waals surface area contributed by atoms with E-state index in [1.165, 1.54) is 11.8 Å². The van der Waals surface area contributed by atoms with Crippen molar-refractivity contribution < 1.29 is 14.3 Å². The summed E-state index contributed by atoms with van der Waals surface area (Å²) < 4.78 is 5.20. The van der Waals surface area contributed by atoms with E-state index in [0.717, 1.165) is 0 Å². The summed E-state index contributed by atoms with van der Waals surface area (Å²) >= 11 is 1.47. The Morgan fingerprint density at radius 2 is 2.38 bits per heavy atom. The van der Waals surface area contributed by atoms with Crippen LogP contribution in [-0.2, 0) is 4.79 Å². The molecule has 4 nitrogen and oxygen atoms in total. The highest BCUT2D eigenvalue weighted by molar-refractivity contribution is 7.99. The summed E-state index contributed by atoms with van der Waals surface area (Å²) in [7, 11) is 0. The normalized spacial score (nSPS) is 13.7. The van der Waals surface area contributed by atoms with Gasteiger partial charge in [-0.25, -0.2) is 0 Å². The lowest BCUT2D eigenvalue weighted by Gasteiger charge is -2.18. The van der Waals surface area contributed by atoms with Crippen LogP contribution in [0.3, 0.4) is 0 Å². The minimum absolute atomic E-state index is 0.0328. The van der Waals surface area contributed by atoms with Crippen LogP contribution in [0.4, 0.5) is 5.69 Å². The average Bonchev–Trinajstić information content (AvgIpc) is 2.28. The van der Waals surface area contributed by atoms with Crippen molar-refractivity contribution in [3.63, 3.8) is 0 Å². The molecular weight excluding hydrogens is 226 g/mol. The third kappa shape index (κ3) is 2.19. The number of carbonyl (C=O) groups is 2. The van der Waals surface area contributed by atoms with Crippen molar-refractivity contribution in [3.05, 3.63) is 23.8 Å². The van der Waals surface area contributed by atoms with Gasteiger partial charge >= 0.3 is 0 Å². The van der Waals surface area contributed by atoms with E-state index in [4.69, 9.17) is 4.74 Å². The van der Waals surface area contributed by atoms with Crippen molar-refractivity contribution in [2.75, 3.05) is 23.9 Å². The van der Waals surface area contributed by atoms with Gasteiger partial charge in [-0.2, -0.15) is 11.8 Å². The third-order valence-corrected chi connectivity index (χ3v) is 2.76. The zero-order valence-electron chi connectivity index (χ0n) is 8.78. The quantitative estimate of drug-likeness (QED) is 0.811. The number of hydrogen-bond donors (Lipinski definition) is 1. The number of fused-ring (bicyclic) bond motifs is 1. The molecule has 84 valence electrons. The molecule has 1 aliphatic rings. The van der Waals surface area contributed by atoms with Crippen LogP contribution in [0.25, 0.3) is 0 Å². The molecule has 1 aromatic rings. The highest BCUT2D eigenvalue weighted by Crippen LogP contribution is 2.28. The number of carbonyl (C=O) groups excluding carboxylic acids is 2. The van der Waals surface area contributed by atoms with Crippen molar-refractivity contribution in [1.29, 1.82) is 0 Å². The summed E-state index contributed by atoms with van der Waals surface area (Å²) in [5.41, 5.74) is 1.17. The number of benzene rings is 1. The maximum absolute atomic E-state index is 11.6. The fraction of sp³-hybridized carbons (Fsp3) is 0.273. The minimum atomic E-state index is -0.193. The second-order valence-corrected chi connectivity index (χ2v) is 4.27. The molecule has 0 atom stereocenters. The van der Waals surface area contributed by atoms with Crippen LogP contribution in [-0.4, -0.2) is 30.3 Å². The summed E-state index contributed by atoms with van der Waals surface area (Å²) in [5.74, 6) is 0.908. The molecule has 0 aromatic heterocycles. The van der Waals surface area contributed by atoms with Crippen molar-refractivity contribution >= 4 is 29.1 Å². The SMILES string of the molecule is CSCC(=O)c1ccc2c(c1)NC(=O)CO2. The molecule has 0 radical (unpaired) electrons. The zero-order chi connectivity index (χ0) is 11.5. The van der Waals surface area contributed by atoms with E-state index >= 15 is 0 Å². The van der Waals surface area contributed by atoms with Crippen molar-refractivity contribution in [2.24, 2.45) is 0 Å². The molecule has 2 rings (SSSR count). The number of ether oxygens (including phenoxy) is 1. The smallest absolute Gasteiger partial charge is 0.262 e. The Hall–Kier alpha value is -1.49. The number of nitrogens with one attached hydrogen (secondary N) is 1. The molecule has 0 unspecified atom stereocenters. The van der Waals surface area contributed by atoms with Crippen LogP contribution in [0.15, 0.2) is 18.2 Å². The third-order valence-electron chi connectivity index (χ3n) is 2.21. The first-order valence-electron chi connectivity index (χ1n) is 4.79. The molecule has 0 saturated heterocycles. The number of rotatable bonds is 3. The first-order chi connectivity index (χ1) is 7.70. The van der Waals surface area contributed by atoms with E-state index < -0.39 is 0 Å². The molecule has 5 heteroatoms. The first-order valence-corrected chi connectivity index (χ1v) is 6.19. The molecule has 0 saturated carbocycles. The molecule has 0 fully saturated rings. The van der Waals surface area contributed by atoms with E-state index in [1.54, 1.807) is 18.2 Å². The summed E-state index contributed by atoms with van der Waals surface area (Å²) in [6.45, 7) is 0.0328. The van der Waals surface area contributed by atoms with Crippen LogP contribution in [0.5, 0.6) is 5.75 Å². The first kappa shape index (κ1) is 11.0. The second-order valence-electron chi connectivity index (χ2n) is 3.40. The molecule has 0 aliphatic carbocycles. The number of hydrogen-bond acceptors (Lipinski definition) is 4.